The third kappa shape index (κ3) is 4.57. The van der Waals surface area contributed by atoms with Gasteiger partial charge in [-0.05, 0) is 37.8 Å². The largest absolute Gasteiger partial charge is 0.337 e. The molecule has 1 aliphatic heterocycles. The number of carbonyl (C=O) groups is 2. The molecule has 0 unspecified atom stereocenters. The maximum absolute atomic E-state index is 12.5. The van der Waals surface area contributed by atoms with Gasteiger partial charge < -0.3 is 10.2 Å². The molecule has 0 aliphatic carbocycles. The molecular formula is C18H22N4O2S. The molecule has 2 aromatic rings. The number of nitrogens with one attached hydrogen (secondary N) is 2. The van der Waals surface area contributed by atoms with E-state index in [0.717, 1.165) is 31.5 Å². The van der Waals surface area contributed by atoms with E-state index in [-0.39, 0.29) is 11.9 Å². The topological polar surface area (TPSA) is 74.3 Å². The van der Waals surface area contributed by atoms with Crippen LogP contribution in [0.1, 0.15) is 35.8 Å². The van der Waals surface area contributed by atoms with E-state index in [9.17, 15) is 9.59 Å². The number of urea groups is 1. The number of hydrogen-bond acceptors (Lipinski definition) is 4. The Morgan fingerprint density at radius 3 is 2.52 bits per heavy atom. The van der Waals surface area contributed by atoms with E-state index in [2.05, 4.69) is 22.5 Å². The molecule has 1 saturated heterocycles. The van der Waals surface area contributed by atoms with Crippen LogP contribution in [0, 0.1) is 12.8 Å². The summed E-state index contributed by atoms with van der Waals surface area (Å²) in [6, 6.07) is 7.15. The quantitative estimate of drug-likeness (QED) is 0.872. The lowest BCUT2D eigenvalue weighted by Crippen LogP contribution is -2.38. The van der Waals surface area contributed by atoms with E-state index in [0.29, 0.717) is 22.4 Å². The predicted octanol–water partition coefficient (Wildman–Crippen LogP) is 3.97. The van der Waals surface area contributed by atoms with Crippen molar-refractivity contribution in [1.29, 1.82) is 0 Å². The van der Waals surface area contributed by atoms with Gasteiger partial charge in [-0.15, -0.1) is 11.3 Å². The number of nitrogens with zero attached hydrogens (tertiary/aromatic N) is 2. The molecule has 1 aromatic carbocycles. The van der Waals surface area contributed by atoms with Crippen molar-refractivity contribution in [3.05, 3.63) is 40.9 Å². The summed E-state index contributed by atoms with van der Waals surface area (Å²) in [7, 11) is 0. The highest BCUT2D eigenvalue weighted by atomic mass is 32.1. The van der Waals surface area contributed by atoms with E-state index in [4.69, 9.17) is 0 Å². The predicted molar refractivity (Wildman–Crippen MR) is 100 cm³/mol. The number of anilines is 2. The minimum atomic E-state index is -0.371. The van der Waals surface area contributed by atoms with E-state index >= 15 is 0 Å². The van der Waals surface area contributed by atoms with Crippen LogP contribution >= 0.6 is 11.3 Å². The molecule has 7 heteroatoms. The summed E-state index contributed by atoms with van der Waals surface area (Å²) >= 11 is 1.25. The molecule has 1 aromatic heterocycles. The third-order valence-electron chi connectivity index (χ3n) is 4.32. The second-order valence-corrected chi connectivity index (χ2v) is 7.32. The number of rotatable bonds is 3. The zero-order chi connectivity index (χ0) is 17.8. The smallest absolute Gasteiger partial charge is 0.325 e. The van der Waals surface area contributed by atoms with Crippen molar-refractivity contribution in [2.24, 2.45) is 5.92 Å². The van der Waals surface area contributed by atoms with Crippen molar-refractivity contribution >= 4 is 34.1 Å². The molecule has 1 aliphatic rings. The first-order chi connectivity index (χ1) is 12.0. The number of aryl methyl sites for hydroxylation is 1. The normalized spacial score (nSPS) is 15.0. The maximum atomic E-state index is 12.5. The lowest BCUT2D eigenvalue weighted by atomic mass is 9.99. The number of hydrogen-bond donors (Lipinski definition) is 2. The molecular weight excluding hydrogens is 336 g/mol. The summed E-state index contributed by atoms with van der Waals surface area (Å²) in [5.41, 5.74) is 2.23. The molecule has 3 rings (SSSR count). The van der Waals surface area contributed by atoms with Crippen molar-refractivity contribution in [1.82, 2.24) is 9.88 Å². The molecule has 2 heterocycles. The SMILES string of the molecule is Cc1ccc(NC(=O)Nc2nc(C(=O)N3CCC(C)CC3)cs2)cc1. The molecule has 0 saturated carbocycles. The van der Waals surface area contributed by atoms with E-state index in [1.807, 2.05) is 36.1 Å². The lowest BCUT2D eigenvalue weighted by molar-refractivity contribution is 0.0692. The number of carbonyl (C=O) groups excluding carboxylic acids is 2. The van der Waals surface area contributed by atoms with Gasteiger partial charge in [0, 0.05) is 24.2 Å². The standard InChI is InChI=1S/C18H22N4O2S/c1-12-3-5-14(6-4-12)19-17(24)21-18-20-15(11-25-18)16(23)22-9-7-13(2)8-10-22/h3-6,11,13H,7-10H2,1-2H3,(H2,19,20,21,24). The van der Waals surface area contributed by atoms with Gasteiger partial charge in [-0.2, -0.15) is 0 Å². The third-order valence-corrected chi connectivity index (χ3v) is 5.08. The van der Waals surface area contributed by atoms with Gasteiger partial charge in [-0.25, -0.2) is 9.78 Å². The Morgan fingerprint density at radius 1 is 1.16 bits per heavy atom. The summed E-state index contributed by atoms with van der Waals surface area (Å²) < 4.78 is 0. The molecule has 1 fully saturated rings. The van der Waals surface area contributed by atoms with Crippen LogP contribution in [0.2, 0.25) is 0 Å². The van der Waals surface area contributed by atoms with Crippen LogP contribution in [-0.2, 0) is 0 Å². The fourth-order valence-electron chi connectivity index (χ4n) is 2.70. The summed E-state index contributed by atoms with van der Waals surface area (Å²) in [6.07, 6.45) is 2.06. The number of benzene rings is 1. The van der Waals surface area contributed by atoms with Crippen LogP contribution in [0.4, 0.5) is 15.6 Å². The fourth-order valence-corrected chi connectivity index (χ4v) is 3.38. The number of likely N-dealkylation sites (tertiary alicyclic amines) is 1. The Labute approximate surface area is 151 Å². The first kappa shape index (κ1) is 17.4. The first-order valence-corrected chi connectivity index (χ1v) is 9.28. The highest BCUT2D eigenvalue weighted by Crippen LogP contribution is 2.21. The van der Waals surface area contributed by atoms with Gasteiger partial charge in [0.25, 0.3) is 5.91 Å². The maximum Gasteiger partial charge on any atom is 0.325 e. The van der Waals surface area contributed by atoms with Crippen LogP contribution in [0.25, 0.3) is 0 Å². The second kappa shape index (κ2) is 7.65. The van der Waals surface area contributed by atoms with Crippen molar-refractivity contribution in [3.63, 3.8) is 0 Å². The molecule has 0 spiro atoms. The van der Waals surface area contributed by atoms with Crippen molar-refractivity contribution < 1.29 is 9.59 Å². The van der Waals surface area contributed by atoms with Crippen LogP contribution in [-0.4, -0.2) is 34.9 Å². The zero-order valence-corrected chi connectivity index (χ0v) is 15.2. The number of aromatic nitrogens is 1. The Balaban J connectivity index is 1.56. The second-order valence-electron chi connectivity index (χ2n) is 6.46. The minimum Gasteiger partial charge on any atom is -0.337 e. The molecule has 6 nitrogen and oxygen atoms in total. The van der Waals surface area contributed by atoms with Gasteiger partial charge in [0.1, 0.15) is 5.69 Å². The fraction of sp³-hybridized carbons (Fsp3) is 0.389. The summed E-state index contributed by atoms with van der Waals surface area (Å²) in [5.74, 6) is 0.609. The van der Waals surface area contributed by atoms with Gasteiger partial charge in [-0.1, -0.05) is 24.6 Å². The lowest BCUT2D eigenvalue weighted by Gasteiger charge is -2.29. The minimum absolute atomic E-state index is 0.0601. The molecule has 132 valence electrons. The van der Waals surface area contributed by atoms with Crippen LogP contribution in [0.15, 0.2) is 29.6 Å². The molecule has 3 amide bonds. The monoisotopic (exact) mass is 358 g/mol. The Kier molecular flexibility index (Phi) is 5.33. The van der Waals surface area contributed by atoms with Gasteiger partial charge >= 0.3 is 6.03 Å². The average Bonchev–Trinajstić information content (AvgIpc) is 3.05. The average molecular weight is 358 g/mol. The summed E-state index contributed by atoms with van der Waals surface area (Å²) in [4.78, 5) is 30.6. The first-order valence-electron chi connectivity index (χ1n) is 8.41. The van der Waals surface area contributed by atoms with Crippen LogP contribution in [0.5, 0.6) is 0 Å². The molecule has 2 N–H and O–H groups in total. The number of amides is 3. The number of thiazole rings is 1. The van der Waals surface area contributed by atoms with Gasteiger partial charge in [0.05, 0.1) is 0 Å². The van der Waals surface area contributed by atoms with Crippen molar-refractivity contribution in [2.75, 3.05) is 23.7 Å². The van der Waals surface area contributed by atoms with Gasteiger partial charge in [-0.3, -0.25) is 10.1 Å². The van der Waals surface area contributed by atoms with Crippen LogP contribution in [0.3, 0.4) is 0 Å². The van der Waals surface area contributed by atoms with Crippen LogP contribution < -0.4 is 10.6 Å². The molecule has 0 bridgehead atoms. The molecule has 0 atom stereocenters. The number of piperidine rings is 1. The summed E-state index contributed by atoms with van der Waals surface area (Å²) in [6.45, 7) is 5.74. The van der Waals surface area contributed by atoms with E-state index in [1.54, 1.807) is 5.38 Å². The van der Waals surface area contributed by atoms with Crippen molar-refractivity contribution in [3.8, 4) is 0 Å². The highest BCUT2D eigenvalue weighted by molar-refractivity contribution is 7.14. The van der Waals surface area contributed by atoms with E-state index < -0.39 is 0 Å². The Bertz CT molecular complexity index is 749. The summed E-state index contributed by atoms with van der Waals surface area (Å²) in [5, 5.41) is 7.53. The van der Waals surface area contributed by atoms with Gasteiger partial charge in [0.2, 0.25) is 0 Å². The van der Waals surface area contributed by atoms with E-state index in [1.165, 1.54) is 11.3 Å². The molecule has 0 radical (unpaired) electrons. The Morgan fingerprint density at radius 2 is 1.84 bits per heavy atom. The van der Waals surface area contributed by atoms with Gasteiger partial charge in [0.15, 0.2) is 5.13 Å². The highest BCUT2D eigenvalue weighted by Gasteiger charge is 2.23. The molecule has 25 heavy (non-hydrogen) atoms. The zero-order valence-electron chi connectivity index (χ0n) is 14.4. The Hall–Kier alpha value is -2.41. The van der Waals surface area contributed by atoms with Crippen molar-refractivity contribution in [2.45, 2.75) is 26.7 Å².